The van der Waals surface area contributed by atoms with Crippen LogP contribution in [-0.4, -0.2) is 11.2 Å². The van der Waals surface area contributed by atoms with Crippen molar-refractivity contribution in [1.82, 2.24) is 0 Å². The lowest BCUT2D eigenvalue weighted by Crippen LogP contribution is -2.64. The van der Waals surface area contributed by atoms with Crippen molar-refractivity contribution in [3.05, 3.63) is 12.7 Å². The molecule has 9 unspecified atom stereocenters. The van der Waals surface area contributed by atoms with Crippen LogP contribution in [0.25, 0.3) is 0 Å². The highest BCUT2D eigenvalue weighted by molar-refractivity contribution is 5.17. The van der Waals surface area contributed by atoms with Crippen LogP contribution in [0.3, 0.4) is 0 Å². The average Bonchev–Trinajstić information content (AvgIpc) is 3.08. The van der Waals surface area contributed by atoms with Crippen LogP contribution in [0.5, 0.6) is 0 Å². The maximum absolute atomic E-state index is 10.6. The van der Waals surface area contributed by atoms with Gasteiger partial charge in [0.25, 0.3) is 0 Å². The molecule has 172 valence electrons. The van der Waals surface area contributed by atoms with Crippen molar-refractivity contribution in [2.75, 3.05) is 0 Å². The molecule has 0 bridgehead atoms. The third-order valence-electron chi connectivity index (χ3n) is 12.4. The molecule has 5 fully saturated rings. The number of fused-ring (bicyclic) bond motifs is 7. The highest BCUT2D eigenvalue weighted by atomic mass is 16.3. The fourth-order valence-electron chi connectivity index (χ4n) is 10.5. The lowest BCUT2D eigenvalue weighted by atomic mass is 9.33. The van der Waals surface area contributed by atoms with Crippen LogP contribution in [0.15, 0.2) is 12.7 Å². The van der Waals surface area contributed by atoms with E-state index in [1.54, 1.807) is 6.08 Å². The quantitative estimate of drug-likeness (QED) is 0.398. The minimum atomic E-state index is -0.0479. The molecule has 1 heteroatoms. The van der Waals surface area contributed by atoms with Gasteiger partial charge in [-0.1, -0.05) is 47.1 Å². The Kier molecular flexibility index (Phi) is 5.82. The predicted molar refractivity (Wildman–Crippen MR) is 128 cm³/mol. The summed E-state index contributed by atoms with van der Waals surface area (Å²) in [7, 11) is 0. The van der Waals surface area contributed by atoms with E-state index < -0.39 is 0 Å². The van der Waals surface area contributed by atoms with Crippen LogP contribution < -0.4 is 0 Å². The molecule has 0 aromatic carbocycles. The molecule has 0 aromatic rings. The van der Waals surface area contributed by atoms with Gasteiger partial charge in [-0.25, -0.2) is 0 Å². The number of allylic oxidation sites excluding steroid dienone is 1. The van der Waals surface area contributed by atoms with E-state index >= 15 is 0 Å². The summed E-state index contributed by atoms with van der Waals surface area (Å²) in [6, 6.07) is 0. The van der Waals surface area contributed by atoms with Crippen molar-refractivity contribution in [3.63, 3.8) is 0 Å². The number of aliphatic hydroxyl groups is 1. The van der Waals surface area contributed by atoms with Crippen molar-refractivity contribution >= 4 is 0 Å². The molecule has 0 heterocycles. The summed E-state index contributed by atoms with van der Waals surface area (Å²) >= 11 is 0. The first-order valence-corrected chi connectivity index (χ1v) is 13.3. The summed E-state index contributed by atoms with van der Waals surface area (Å²) in [6.07, 6.45) is 17.2. The first-order chi connectivity index (χ1) is 14.1. The largest absolute Gasteiger partial charge is 0.393 e. The molecule has 0 aromatic heterocycles. The third-order valence-corrected chi connectivity index (χ3v) is 12.4. The van der Waals surface area contributed by atoms with Crippen LogP contribution in [0, 0.1) is 51.2 Å². The van der Waals surface area contributed by atoms with Crippen molar-refractivity contribution in [2.24, 2.45) is 51.2 Å². The van der Waals surface area contributed by atoms with E-state index in [9.17, 15) is 5.11 Å². The molecule has 1 nitrogen and oxygen atoms in total. The Morgan fingerprint density at radius 1 is 0.767 bits per heavy atom. The number of rotatable bonds is 0. The summed E-state index contributed by atoms with van der Waals surface area (Å²) in [4.78, 5) is 0. The monoisotopic (exact) mass is 414 g/mol. The minimum absolute atomic E-state index is 0.0479. The van der Waals surface area contributed by atoms with Gasteiger partial charge in [0.1, 0.15) is 0 Å². The van der Waals surface area contributed by atoms with Gasteiger partial charge < -0.3 is 5.11 Å². The maximum Gasteiger partial charge on any atom is 0.0568 e. The molecule has 0 aliphatic heterocycles. The molecule has 5 aliphatic rings. The minimum Gasteiger partial charge on any atom is -0.393 e. The summed E-state index contributed by atoms with van der Waals surface area (Å²) in [5.74, 6) is 4.12. The first-order valence-electron chi connectivity index (χ1n) is 13.3. The van der Waals surface area contributed by atoms with Gasteiger partial charge in [0.15, 0.2) is 0 Å². The fourth-order valence-corrected chi connectivity index (χ4v) is 10.5. The number of hydrogen-bond donors (Lipinski definition) is 1. The van der Waals surface area contributed by atoms with E-state index in [4.69, 9.17) is 0 Å². The van der Waals surface area contributed by atoms with Gasteiger partial charge in [0, 0.05) is 0 Å². The Bertz CT molecular complexity index is 655. The second-order valence-corrected chi connectivity index (χ2v) is 13.2. The highest BCUT2D eigenvalue weighted by Gasteiger charge is 2.68. The van der Waals surface area contributed by atoms with Crippen molar-refractivity contribution < 1.29 is 5.11 Å². The van der Waals surface area contributed by atoms with E-state index in [1.807, 2.05) is 6.92 Å². The normalized spacial score (nSPS) is 57.0. The van der Waals surface area contributed by atoms with Crippen LogP contribution in [0.4, 0.5) is 0 Å². The summed E-state index contributed by atoms with van der Waals surface area (Å²) in [6.45, 7) is 18.4. The predicted octanol–water partition coefficient (Wildman–Crippen LogP) is 8.02. The van der Waals surface area contributed by atoms with E-state index in [0.717, 1.165) is 30.1 Å². The maximum atomic E-state index is 10.6. The standard InChI is InChI=1S/C26H44O.C3H6/c1-17-18-10-14-26(5)22(24(18,3)13-11-21(17)27)9-8-20-19-7-6-12-23(19,2)15-16-25(20,26)4;1-3-2/h17-22,27H,6-16H2,1-5H3;3H,1H2,2H3/t17?,18?,19?,20?,21?,22?,23?,24?,25-,26?;/m1./s1. The lowest BCUT2D eigenvalue weighted by molar-refractivity contribution is -0.231. The van der Waals surface area contributed by atoms with Gasteiger partial charge in [-0.2, -0.15) is 0 Å². The zero-order valence-corrected chi connectivity index (χ0v) is 21.0. The molecular formula is C29H50O. The van der Waals surface area contributed by atoms with E-state index in [1.165, 1.54) is 64.2 Å². The Morgan fingerprint density at radius 3 is 2.17 bits per heavy atom. The summed E-state index contributed by atoms with van der Waals surface area (Å²) < 4.78 is 0. The van der Waals surface area contributed by atoms with Crippen molar-refractivity contribution in [2.45, 2.75) is 118 Å². The van der Waals surface area contributed by atoms with Crippen molar-refractivity contribution in [1.29, 1.82) is 0 Å². The van der Waals surface area contributed by atoms with Crippen LogP contribution in [0.1, 0.15) is 112 Å². The number of aliphatic hydroxyl groups excluding tert-OH is 1. The molecule has 30 heavy (non-hydrogen) atoms. The van der Waals surface area contributed by atoms with Gasteiger partial charge >= 0.3 is 0 Å². The first kappa shape index (κ1) is 22.9. The Hall–Kier alpha value is -0.300. The van der Waals surface area contributed by atoms with Crippen LogP contribution in [0.2, 0.25) is 0 Å². The molecule has 0 saturated heterocycles. The Balaban J connectivity index is 0.000000687. The van der Waals surface area contributed by atoms with E-state index in [2.05, 4.69) is 41.2 Å². The van der Waals surface area contributed by atoms with Crippen LogP contribution in [-0.2, 0) is 0 Å². The fraction of sp³-hybridized carbons (Fsp3) is 0.931. The SMILES string of the molecule is C=CC.CC1C(O)CCC2(C)C1CCC1(C)C2CCC2C3CCCC3(C)CC[C@]21C. The van der Waals surface area contributed by atoms with Gasteiger partial charge in [0.05, 0.1) is 6.10 Å². The molecule has 0 amide bonds. The molecule has 0 spiro atoms. The lowest BCUT2D eigenvalue weighted by Gasteiger charge is -2.71. The third kappa shape index (κ3) is 2.96. The molecule has 0 radical (unpaired) electrons. The van der Waals surface area contributed by atoms with Crippen LogP contribution >= 0.6 is 0 Å². The molecule has 5 saturated carbocycles. The second kappa shape index (κ2) is 7.64. The molecule has 5 aliphatic carbocycles. The Labute approximate surface area is 187 Å². The topological polar surface area (TPSA) is 20.2 Å². The average molecular weight is 415 g/mol. The zero-order valence-electron chi connectivity index (χ0n) is 21.0. The summed E-state index contributed by atoms with van der Waals surface area (Å²) in [5.41, 5.74) is 2.21. The van der Waals surface area contributed by atoms with Gasteiger partial charge in [-0.15, -0.1) is 6.58 Å². The molecule has 5 rings (SSSR count). The van der Waals surface area contributed by atoms with E-state index in [0.29, 0.717) is 27.6 Å². The summed E-state index contributed by atoms with van der Waals surface area (Å²) in [5, 5.41) is 10.6. The van der Waals surface area contributed by atoms with Crippen molar-refractivity contribution in [3.8, 4) is 0 Å². The molecule has 10 atom stereocenters. The smallest absolute Gasteiger partial charge is 0.0568 e. The zero-order chi connectivity index (χ0) is 21.9. The van der Waals surface area contributed by atoms with Gasteiger partial charge in [0.2, 0.25) is 0 Å². The van der Waals surface area contributed by atoms with E-state index in [-0.39, 0.29) is 6.10 Å². The van der Waals surface area contributed by atoms with Gasteiger partial charge in [-0.05, 0) is 122 Å². The highest BCUT2D eigenvalue weighted by Crippen LogP contribution is 2.75. The second-order valence-electron chi connectivity index (χ2n) is 13.2. The number of hydrogen-bond acceptors (Lipinski definition) is 1. The Morgan fingerprint density at radius 2 is 1.47 bits per heavy atom. The van der Waals surface area contributed by atoms with Gasteiger partial charge in [-0.3, -0.25) is 0 Å². The molecular weight excluding hydrogens is 364 g/mol. The molecule has 1 N–H and O–H groups in total.